The Morgan fingerprint density at radius 2 is 2.00 bits per heavy atom. The predicted octanol–water partition coefficient (Wildman–Crippen LogP) is 3.11. The van der Waals surface area contributed by atoms with Crippen LogP contribution in [0.15, 0.2) is 18.2 Å². The van der Waals surface area contributed by atoms with Crippen LogP contribution in [0.25, 0.3) is 0 Å². The zero-order valence-corrected chi connectivity index (χ0v) is 10.8. The number of ether oxygens (including phenoxy) is 1. The zero-order valence-electron chi connectivity index (χ0n) is 10.8. The summed E-state index contributed by atoms with van der Waals surface area (Å²) in [6, 6.07) is 6.46. The van der Waals surface area contributed by atoms with Gasteiger partial charge in [0.05, 0.1) is 0 Å². The van der Waals surface area contributed by atoms with Gasteiger partial charge in [-0.1, -0.05) is 26.8 Å². The van der Waals surface area contributed by atoms with Gasteiger partial charge in [0.1, 0.15) is 12.4 Å². The lowest BCUT2D eigenvalue weighted by atomic mass is 10.0. The molecule has 0 unspecified atom stereocenters. The van der Waals surface area contributed by atoms with Crippen LogP contribution in [0, 0.1) is 6.92 Å². The maximum Gasteiger partial charge on any atom is 0.119 e. The van der Waals surface area contributed by atoms with Gasteiger partial charge in [-0.3, -0.25) is 0 Å². The molecule has 0 aliphatic heterocycles. The second-order valence-electron chi connectivity index (χ2n) is 4.44. The molecule has 2 nitrogen and oxygen atoms in total. The van der Waals surface area contributed by atoms with Crippen LogP contribution in [0.5, 0.6) is 5.75 Å². The fourth-order valence-electron chi connectivity index (χ4n) is 1.61. The third kappa shape index (κ3) is 4.23. The quantitative estimate of drug-likeness (QED) is 0.745. The summed E-state index contributed by atoms with van der Waals surface area (Å²) in [5.41, 5.74) is 2.61. The van der Waals surface area contributed by atoms with Crippen molar-refractivity contribution >= 4 is 0 Å². The first-order valence-electron chi connectivity index (χ1n) is 6.08. The van der Waals surface area contributed by atoms with Crippen molar-refractivity contribution in [3.05, 3.63) is 29.3 Å². The van der Waals surface area contributed by atoms with Gasteiger partial charge in [-0.15, -0.1) is 0 Å². The Kier molecular flexibility index (Phi) is 5.33. The maximum atomic E-state index is 5.72. The van der Waals surface area contributed by atoms with E-state index in [4.69, 9.17) is 4.74 Å². The summed E-state index contributed by atoms with van der Waals surface area (Å²) in [6.07, 6.45) is 0. The molecule has 0 saturated carbocycles. The van der Waals surface area contributed by atoms with Crippen LogP contribution in [-0.4, -0.2) is 19.7 Å². The zero-order chi connectivity index (χ0) is 12.0. The average Bonchev–Trinajstić information content (AvgIpc) is 2.23. The fraction of sp³-hybridized carbons (Fsp3) is 0.571. The molecule has 0 bridgehead atoms. The first-order valence-corrected chi connectivity index (χ1v) is 6.08. The fourth-order valence-corrected chi connectivity index (χ4v) is 1.61. The molecule has 0 aliphatic carbocycles. The van der Waals surface area contributed by atoms with Crippen molar-refractivity contribution in [2.24, 2.45) is 0 Å². The Balaban J connectivity index is 2.58. The van der Waals surface area contributed by atoms with Gasteiger partial charge in [0.25, 0.3) is 0 Å². The molecule has 0 aliphatic rings. The summed E-state index contributed by atoms with van der Waals surface area (Å²) < 4.78 is 5.72. The Labute approximate surface area is 99.0 Å². The molecule has 1 rings (SSSR count). The van der Waals surface area contributed by atoms with E-state index in [0.717, 1.165) is 25.4 Å². The van der Waals surface area contributed by atoms with Crippen LogP contribution in [0.4, 0.5) is 0 Å². The molecule has 0 spiro atoms. The van der Waals surface area contributed by atoms with Gasteiger partial charge in [0, 0.05) is 6.54 Å². The molecule has 0 heterocycles. The molecule has 0 atom stereocenters. The van der Waals surface area contributed by atoms with Crippen LogP contribution < -0.4 is 10.1 Å². The van der Waals surface area contributed by atoms with Crippen molar-refractivity contribution in [2.75, 3.05) is 19.7 Å². The topological polar surface area (TPSA) is 21.3 Å². The van der Waals surface area contributed by atoms with Gasteiger partial charge in [-0.05, 0) is 42.6 Å². The smallest absolute Gasteiger partial charge is 0.119 e. The molecular formula is C14H23NO. The van der Waals surface area contributed by atoms with E-state index < -0.39 is 0 Å². The molecule has 1 aromatic carbocycles. The first-order chi connectivity index (χ1) is 7.63. The molecule has 1 N–H and O–H groups in total. The minimum absolute atomic E-state index is 0.552. The van der Waals surface area contributed by atoms with Crippen molar-refractivity contribution < 1.29 is 4.74 Å². The van der Waals surface area contributed by atoms with Crippen molar-refractivity contribution in [3.8, 4) is 5.75 Å². The van der Waals surface area contributed by atoms with E-state index in [0.29, 0.717) is 5.92 Å². The highest BCUT2D eigenvalue weighted by Crippen LogP contribution is 2.22. The molecule has 1 aromatic rings. The number of nitrogens with one attached hydrogen (secondary N) is 1. The van der Waals surface area contributed by atoms with E-state index in [2.05, 4.69) is 51.2 Å². The van der Waals surface area contributed by atoms with Crippen LogP contribution >= 0.6 is 0 Å². The molecular weight excluding hydrogens is 198 g/mol. The summed E-state index contributed by atoms with van der Waals surface area (Å²) in [4.78, 5) is 0. The third-order valence-corrected chi connectivity index (χ3v) is 2.54. The number of aryl methyl sites for hydroxylation is 1. The highest BCUT2D eigenvalue weighted by molar-refractivity contribution is 5.35. The van der Waals surface area contributed by atoms with Crippen LogP contribution in [0.2, 0.25) is 0 Å². The number of hydrogen-bond acceptors (Lipinski definition) is 2. The highest BCUT2D eigenvalue weighted by atomic mass is 16.5. The Bertz CT molecular complexity index is 321. The summed E-state index contributed by atoms with van der Waals surface area (Å²) >= 11 is 0. The number of benzene rings is 1. The Morgan fingerprint density at radius 1 is 1.25 bits per heavy atom. The van der Waals surface area contributed by atoms with Crippen molar-refractivity contribution in [3.63, 3.8) is 0 Å². The minimum Gasteiger partial charge on any atom is -0.492 e. The second-order valence-corrected chi connectivity index (χ2v) is 4.44. The minimum atomic E-state index is 0.552. The summed E-state index contributed by atoms with van der Waals surface area (Å²) in [5.74, 6) is 1.54. The second kappa shape index (κ2) is 6.54. The van der Waals surface area contributed by atoms with Crippen molar-refractivity contribution in [1.29, 1.82) is 0 Å². The Hall–Kier alpha value is -1.02. The van der Waals surface area contributed by atoms with Crippen molar-refractivity contribution in [1.82, 2.24) is 5.32 Å². The molecule has 2 heteroatoms. The van der Waals surface area contributed by atoms with Gasteiger partial charge in [0.2, 0.25) is 0 Å². The maximum absolute atomic E-state index is 5.72. The third-order valence-electron chi connectivity index (χ3n) is 2.54. The molecule has 0 aromatic heterocycles. The van der Waals surface area contributed by atoms with E-state index in [9.17, 15) is 0 Å². The van der Waals surface area contributed by atoms with Gasteiger partial charge in [-0.2, -0.15) is 0 Å². The molecule has 0 amide bonds. The average molecular weight is 221 g/mol. The van der Waals surface area contributed by atoms with Gasteiger partial charge in [-0.25, -0.2) is 0 Å². The Morgan fingerprint density at radius 3 is 2.62 bits per heavy atom. The summed E-state index contributed by atoms with van der Waals surface area (Å²) in [6.45, 7) is 11.3. The largest absolute Gasteiger partial charge is 0.492 e. The highest BCUT2D eigenvalue weighted by Gasteiger charge is 2.03. The van der Waals surface area contributed by atoms with E-state index in [1.807, 2.05) is 0 Å². The first kappa shape index (κ1) is 13.0. The summed E-state index contributed by atoms with van der Waals surface area (Å²) in [5, 5.41) is 3.25. The SMILES string of the molecule is CCNCCOc1cc(C)cc(C(C)C)c1. The lowest BCUT2D eigenvalue weighted by Gasteiger charge is -2.11. The number of likely N-dealkylation sites (N-methyl/N-ethyl adjacent to an activating group) is 1. The molecule has 0 radical (unpaired) electrons. The van der Waals surface area contributed by atoms with Crippen LogP contribution in [0.3, 0.4) is 0 Å². The van der Waals surface area contributed by atoms with Crippen LogP contribution in [-0.2, 0) is 0 Å². The van der Waals surface area contributed by atoms with Gasteiger partial charge >= 0.3 is 0 Å². The van der Waals surface area contributed by atoms with Gasteiger partial charge < -0.3 is 10.1 Å². The molecule has 0 fully saturated rings. The van der Waals surface area contributed by atoms with E-state index in [1.165, 1.54) is 11.1 Å². The predicted molar refractivity (Wildman–Crippen MR) is 69.3 cm³/mol. The monoisotopic (exact) mass is 221 g/mol. The number of hydrogen-bond donors (Lipinski definition) is 1. The standard InChI is InChI=1S/C14H23NO/c1-5-15-6-7-16-14-9-12(4)8-13(10-14)11(2)3/h8-11,15H,5-7H2,1-4H3. The van der Waals surface area contributed by atoms with E-state index in [-0.39, 0.29) is 0 Å². The number of rotatable bonds is 6. The lowest BCUT2D eigenvalue weighted by Crippen LogP contribution is -2.20. The molecule has 16 heavy (non-hydrogen) atoms. The lowest BCUT2D eigenvalue weighted by molar-refractivity contribution is 0.315. The molecule has 90 valence electrons. The normalized spacial score (nSPS) is 10.8. The molecule has 0 saturated heterocycles. The van der Waals surface area contributed by atoms with Crippen molar-refractivity contribution in [2.45, 2.75) is 33.6 Å². The summed E-state index contributed by atoms with van der Waals surface area (Å²) in [7, 11) is 0. The van der Waals surface area contributed by atoms with E-state index in [1.54, 1.807) is 0 Å². The van der Waals surface area contributed by atoms with Gasteiger partial charge in [0.15, 0.2) is 0 Å². The van der Waals surface area contributed by atoms with E-state index >= 15 is 0 Å². The van der Waals surface area contributed by atoms with Crippen LogP contribution in [0.1, 0.15) is 37.8 Å².